The molecule has 0 amide bonds. The summed E-state index contributed by atoms with van der Waals surface area (Å²) in [4.78, 5) is 0. The molecule has 0 bridgehead atoms. The van der Waals surface area contributed by atoms with Crippen molar-refractivity contribution < 1.29 is 13.2 Å². The monoisotopic (exact) mass is 240 g/mol. The highest BCUT2D eigenvalue weighted by Crippen LogP contribution is 2.22. The Kier molecular flexibility index (Phi) is 4.02. The zero-order valence-electron chi connectivity index (χ0n) is 8.26. The summed E-state index contributed by atoms with van der Waals surface area (Å²) in [7, 11) is 0. The highest BCUT2D eigenvalue weighted by atomic mass is 35.5. The summed E-state index contributed by atoms with van der Waals surface area (Å²) in [6.45, 7) is 2.06. The van der Waals surface area contributed by atoms with Crippen LogP contribution in [0.2, 0.25) is 0 Å². The molecule has 6 heteroatoms. The number of rotatable bonds is 4. The quantitative estimate of drug-likeness (QED) is 0.737. The Morgan fingerprint density at radius 1 is 1.53 bits per heavy atom. The Morgan fingerprint density at radius 3 is 2.67 bits per heavy atom. The molecule has 1 unspecified atom stereocenters. The van der Waals surface area contributed by atoms with E-state index in [1.165, 1.54) is 4.68 Å². The van der Waals surface area contributed by atoms with Gasteiger partial charge in [0.05, 0.1) is 11.6 Å². The molecule has 2 nitrogen and oxygen atoms in total. The molecule has 1 atom stereocenters. The molecule has 0 aliphatic rings. The first-order valence-electron chi connectivity index (χ1n) is 4.61. The molecule has 0 radical (unpaired) electrons. The van der Waals surface area contributed by atoms with E-state index in [4.69, 9.17) is 11.6 Å². The fraction of sp³-hybridized carbons (Fsp3) is 0.667. The van der Waals surface area contributed by atoms with Crippen molar-refractivity contribution in [3.05, 3.63) is 18.0 Å². The summed E-state index contributed by atoms with van der Waals surface area (Å²) in [6.07, 6.45) is -1.57. The molecular weight excluding hydrogens is 229 g/mol. The van der Waals surface area contributed by atoms with Gasteiger partial charge in [0.1, 0.15) is 0 Å². The van der Waals surface area contributed by atoms with E-state index < -0.39 is 12.6 Å². The van der Waals surface area contributed by atoms with Crippen molar-refractivity contribution in [2.45, 2.75) is 37.9 Å². The Hall–Kier alpha value is -0.710. The predicted octanol–water partition coefficient (Wildman–Crippen LogP) is 3.53. The van der Waals surface area contributed by atoms with Crippen molar-refractivity contribution in [2.24, 2.45) is 0 Å². The first-order chi connectivity index (χ1) is 6.88. The number of aryl methyl sites for hydroxylation is 1. The van der Waals surface area contributed by atoms with Crippen molar-refractivity contribution in [1.29, 1.82) is 0 Å². The number of nitrogens with zero attached hydrogens (tertiary/aromatic N) is 2. The van der Waals surface area contributed by atoms with Crippen LogP contribution < -0.4 is 0 Å². The van der Waals surface area contributed by atoms with E-state index >= 15 is 0 Å². The standard InChI is InChI=1S/C9H12ClF3N2/c1-7(10)8-5-14-15(6-8)4-2-3-9(11,12)13/h5-7H,2-4H2,1H3. The molecule has 0 N–H and O–H groups in total. The molecule has 15 heavy (non-hydrogen) atoms. The molecule has 0 saturated heterocycles. The topological polar surface area (TPSA) is 17.8 Å². The van der Waals surface area contributed by atoms with Crippen molar-refractivity contribution in [2.75, 3.05) is 0 Å². The normalized spacial score (nSPS) is 14.2. The average Bonchev–Trinajstić information content (AvgIpc) is 2.50. The summed E-state index contributed by atoms with van der Waals surface area (Å²) in [5.41, 5.74) is 0.823. The van der Waals surface area contributed by atoms with Crippen LogP contribution in [0, 0.1) is 0 Å². The Morgan fingerprint density at radius 2 is 2.20 bits per heavy atom. The second-order valence-corrected chi connectivity index (χ2v) is 4.03. The molecule has 0 saturated carbocycles. The molecule has 1 aromatic heterocycles. The molecule has 0 fully saturated rings. The molecule has 0 aromatic carbocycles. The number of halogens is 4. The minimum atomic E-state index is -4.09. The molecule has 1 heterocycles. The van der Waals surface area contributed by atoms with E-state index in [-0.39, 0.29) is 18.3 Å². The van der Waals surface area contributed by atoms with Crippen LogP contribution in [0.25, 0.3) is 0 Å². The van der Waals surface area contributed by atoms with Gasteiger partial charge in [0, 0.05) is 24.7 Å². The smallest absolute Gasteiger partial charge is 0.272 e. The van der Waals surface area contributed by atoms with Crippen LogP contribution in [0.4, 0.5) is 13.2 Å². The molecule has 0 spiro atoms. The minimum absolute atomic E-state index is 0.0429. The third-order valence-corrected chi connectivity index (χ3v) is 2.21. The van der Waals surface area contributed by atoms with E-state index in [1.807, 2.05) is 0 Å². The van der Waals surface area contributed by atoms with Gasteiger partial charge in [-0.05, 0) is 13.3 Å². The van der Waals surface area contributed by atoms with Crippen LogP contribution in [0.3, 0.4) is 0 Å². The van der Waals surface area contributed by atoms with Crippen molar-refractivity contribution in [3.8, 4) is 0 Å². The fourth-order valence-electron chi connectivity index (χ4n) is 1.15. The van der Waals surface area contributed by atoms with Gasteiger partial charge >= 0.3 is 6.18 Å². The SMILES string of the molecule is CC(Cl)c1cnn(CCCC(F)(F)F)c1. The maximum absolute atomic E-state index is 11.8. The lowest BCUT2D eigenvalue weighted by molar-refractivity contribution is -0.136. The van der Waals surface area contributed by atoms with E-state index in [0.717, 1.165) is 5.56 Å². The second kappa shape index (κ2) is 4.88. The third-order valence-electron chi connectivity index (χ3n) is 1.96. The van der Waals surface area contributed by atoms with Gasteiger partial charge in [-0.3, -0.25) is 4.68 Å². The van der Waals surface area contributed by atoms with Crippen LogP contribution in [0.5, 0.6) is 0 Å². The Bertz CT molecular complexity index is 307. The lowest BCUT2D eigenvalue weighted by Crippen LogP contribution is -2.09. The molecular formula is C9H12ClF3N2. The van der Waals surface area contributed by atoms with Gasteiger partial charge in [-0.25, -0.2) is 0 Å². The van der Waals surface area contributed by atoms with Crippen LogP contribution in [0.1, 0.15) is 30.7 Å². The maximum Gasteiger partial charge on any atom is 0.389 e. The number of hydrogen-bond donors (Lipinski definition) is 0. The van der Waals surface area contributed by atoms with Crippen molar-refractivity contribution in [3.63, 3.8) is 0 Å². The van der Waals surface area contributed by atoms with Gasteiger partial charge in [0.25, 0.3) is 0 Å². The maximum atomic E-state index is 11.8. The van der Waals surface area contributed by atoms with Gasteiger partial charge in [0.2, 0.25) is 0 Å². The lowest BCUT2D eigenvalue weighted by Gasteiger charge is -2.05. The Balaban J connectivity index is 2.38. The van der Waals surface area contributed by atoms with Gasteiger partial charge in [0.15, 0.2) is 0 Å². The largest absolute Gasteiger partial charge is 0.389 e. The number of hydrogen-bond acceptors (Lipinski definition) is 1. The fourth-order valence-corrected chi connectivity index (χ4v) is 1.26. The summed E-state index contributed by atoms with van der Waals surface area (Å²) in [5.74, 6) is 0. The third kappa shape index (κ3) is 4.55. The highest BCUT2D eigenvalue weighted by molar-refractivity contribution is 6.20. The van der Waals surface area contributed by atoms with Gasteiger partial charge in [-0.2, -0.15) is 18.3 Å². The van der Waals surface area contributed by atoms with Crippen LogP contribution >= 0.6 is 11.6 Å². The molecule has 1 aromatic rings. The zero-order valence-corrected chi connectivity index (χ0v) is 9.02. The second-order valence-electron chi connectivity index (χ2n) is 3.37. The van der Waals surface area contributed by atoms with Gasteiger partial charge < -0.3 is 0 Å². The van der Waals surface area contributed by atoms with Gasteiger partial charge in [-0.1, -0.05) is 0 Å². The number of alkyl halides is 4. The van der Waals surface area contributed by atoms with E-state index in [2.05, 4.69) is 5.10 Å². The highest BCUT2D eigenvalue weighted by Gasteiger charge is 2.26. The summed E-state index contributed by atoms with van der Waals surface area (Å²) in [5, 5.41) is 3.76. The average molecular weight is 241 g/mol. The van der Waals surface area contributed by atoms with Crippen LogP contribution in [0.15, 0.2) is 12.4 Å². The summed E-state index contributed by atoms with van der Waals surface area (Å²) >= 11 is 5.79. The molecule has 86 valence electrons. The number of aromatic nitrogens is 2. The summed E-state index contributed by atoms with van der Waals surface area (Å²) in [6, 6.07) is 0. The van der Waals surface area contributed by atoms with Crippen molar-refractivity contribution in [1.82, 2.24) is 9.78 Å². The van der Waals surface area contributed by atoms with E-state index in [1.54, 1.807) is 19.3 Å². The summed E-state index contributed by atoms with van der Waals surface area (Å²) < 4.78 is 37.0. The molecule has 0 aliphatic carbocycles. The lowest BCUT2D eigenvalue weighted by atomic mass is 10.3. The minimum Gasteiger partial charge on any atom is -0.272 e. The molecule has 0 aliphatic heterocycles. The van der Waals surface area contributed by atoms with Gasteiger partial charge in [-0.15, -0.1) is 11.6 Å². The molecule has 1 rings (SSSR count). The first-order valence-corrected chi connectivity index (χ1v) is 5.05. The van der Waals surface area contributed by atoms with E-state index in [0.29, 0.717) is 0 Å². The van der Waals surface area contributed by atoms with Crippen molar-refractivity contribution >= 4 is 11.6 Å². The Labute approximate surface area is 91.0 Å². The van der Waals surface area contributed by atoms with Crippen LogP contribution in [-0.2, 0) is 6.54 Å². The van der Waals surface area contributed by atoms with Crippen LogP contribution in [-0.4, -0.2) is 16.0 Å². The zero-order chi connectivity index (χ0) is 11.5. The van der Waals surface area contributed by atoms with E-state index in [9.17, 15) is 13.2 Å². The predicted molar refractivity (Wildman–Crippen MR) is 51.8 cm³/mol. The first kappa shape index (κ1) is 12.4.